The summed E-state index contributed by atoms with van der Waals surface area (Å²) < 4.78 is 0. The summed E-state index contributed by atoms with van der Waals surface area (Å²) in [5, 5.41) is 6.39. The Labute approximate surface area is 119 Å². The quantitative estimate of drug-likeness (QED) is 0.859. The molecular weight excluding hydrogens is 252 g/mol. The summed E-state index contributed by atoms with van der Waals surface area (Å²) in [5.41, 5.74) is 2.37. The molecule has 1 aromatic rings. The van der Waals surface area contributed by atoms with Crippen molar-refractivity contribution in [2.24, 2.45) is 0 Å². The average Bonchev–Trinajstić information content (AvgIpc) is 3.24. The predicted molar refractivity (Wildman–Crippen MR) is 78.7 cm³/mol. The largest absolute Gasteiger partial charge is 0.354 e. The zero-order valence-corrected chi connectivity index (χ0v) is 12.0. The van der Waals surface area contributed by atoms with E-state index in [1.54, 1.807) is 0 Å². The highest BCUT2D eigenvalue weighted by Gasteiger charge is 2.21. The fourth-order valence-electron chi connectivity index (χ4n) is 2.59. The number of hydrogen-bond donors (Lipinski definition) is 2. The summed E-state index contributed by atoms with van der Waals surface area (Å²) in [6.07, 6.45) is 5.50. The molecule has 20 heavy (non-hydrogen) atoms. The second-order valence-corrected chi connectivity index (χ2v) is 5.76. The van der Waals surface area contributed by atoms with Gasteiger partial charge in [0.1, 0.15) is 5.82 Å². The lowest BCUT2D eigenvalue weighted by atomic mass is 10.2. The smallest absolute Gasteiger partial charge is 0.239 e. The molecule has 5 heteroatoms. The van der Waals surface area contributed by atoms with Crippen LogP contribution in [0.25, 0.3) is 0 Å². The van der Waals surface area contributed by atoms with Crippen molar-refractivity contribution in [1.29, 1.82) is 0 Å². The van der Waals surface area contributed by atoms with Crippen molar-refractivity contribution in [3.63, 3.8) is 0 Å². The van der Waals surface area contributed by atoms with Crippen LogP contribution in [0.15, 0.2) is 12.3 Å². The molecule has 0 unspecified atom stereocenters. The number of rotatable bonds is 4. The monoisotopic (exact) mass is 274 g/mol. The summed E-state index contributed by atoms with van der Waals surface area (Å²) in [6, 6.07) is 2.89. The SMILES string of the molecule is Cc1cc(CNC2CC2)cnc1N1CCCNC(=O)C1. The Morgan fingerprint density at radius 1 is 1.50 bits per heavy atom. The average molecular weight is 274 g/mol. The van der Waals surface area contributed by atoms with Crippen molar-refractivity contribution in [2.45, 2.75) is 38.8 Å². The minimum absolute atomic E-state index is 0.0863. The van der Waals surface area contributed by atoms with Crippen LogP contribution in [0.5, 0.6) is 0 Å². The van der Waals surface area contributed by atoms with Crippen molar-refractivity contribution < 1.29 is 4.79 Å². The number of carbonyl (C=O) groups is 1. The molecule has 0 spiro atoms. The second kappa shape index (κ2) is 5.79. The highest BCUT2D eigenvalue weighted by Crippen LogP contribution is 2.21. The number of hydrogen-bond acceptors (Lipinski definition) is 4. The zero-order valence-electron chi connectivity index (χ0n) is 12.0. The maximum atomic E-state index is 11.6. The number of aryl methyl sites for hydroxylation is 1. The molecule has 108 valence electrons. The summed E-state index contributed by atoms with van der Waals surface area (Å²) in [7, 11) is 0. The maximum Gasteiger partial charge on any atom is 0.239 e. The van der Waals surface area contributed by atoms with Crippen LogP contribution < -0.4 is 15.5 Å². The lowest BCUT2D eigenvalue weighted by Crippen LogP contribution is -2.34. The van der Waals surface area contributed by atoms with Crippen LogP contribution in [-0.4, -0.2) is 36.6 Å². The van der Waals surface area contributed by atoms with Gasteiger partial charge in [0.05, 0.1) is 6.54 Å². The van der Waals surface area contributed by atoms with E-state index in [1.165, 1.54) is 18.4 Å². The highest BCUT2D eigenvalue weighted by molar-refractivity contribution is 5.81. The maximum absolute atomic E-state index is 11.6. The van der Waals surface area contributed by atoms with Crippen molar-refractivity contribution in [1.82, 2.24) is 15.6 Å². The molecule has 2 aliphatic rings. The topological polar surface area (TPSA) is 57.3 Å². The normalized spacial score (nSPS) is 19.6. The molecule has 2 N–H and O–H groups in total. The van der Waals surface area contributed by atoms with Gasteiger partial charge >= 0.3 is 0 Å². The molecule has 0 radical (unpaired) electrons. The first-order valence-electron chi connectivity index (χ1n) is 7.43. The van der Waals surface area contributed by atoms with Crippen LogP contribution in [0.4, 0.5) is 5.82 Å². The minimum atomic E-state index is 0.0863. The Morgan fingerprint density at radius 3 is 3.10 bits per heavy atom. The van der Waals surface area contributed by atoms with Gasteiger partial charge in [0.25, 0.3) is 0 Å². The van der Waals surface area contributed by atoms with E-state index in [4.69, 9.17) is 0 Å². The molecule has 1 saturated heterocycles. The van der Waals surface area contributed by atoms with E-state index >= 15 is 0 Å². The van der Waals surface area contributed by atoms with Gasteiger partial charge in [-0.15, -0.1) is 0 Å². The third kappa shape index (κ3) is 3.28. The molecule has 3 rings (SSSR count). The lowest BCUT2D eigenvalue weighted by molar-refractivity contribution is -0.119. The van der Waals surface area contributed by atoms with Gasteiger partial charge in [-0.25, -0.2) is 4.98 Å². The van der Waals surface area contributed by atoms with Gasteiger partial charge in [-0.05, 0) is 43.4 Å². The molecule has 0 atom stereocenters. The highest BCUT2D eigenvalue weighted by atomic mass is 16.2. The molecule has 1 amide bonds. The fraction of sp³-hybridized carbons (Fsp3) is 0.600. The Kier molecular flexibility index (Phi) is 3.87. The Bertz CT molecular complexity index is 499. The summed E-state index contributed by atoms with van der Waals surface area (Å²) >= 11 is 0. The first-order valence-corrected chi connectivity index (χ1v) is 7.43. The van der Waals surface area contributed by atoms with Crippen LogP contribution in [0.1, 0.15) is 30.4 Å². The van der Waals surface area contributed by atoms with Gasteiger partial charge in [-0.2, -0.15) is 0 Å². The molecular formula is C15H22N4O. The first kappa shape index (κ1) is 13.4. The number of aromatic nitrogens is 1. The van der Waals surface area contributed by atoms with Crippen molar-refractivity contribution in [2.75, 3.05) is 24.5 Å². The van der Waals surface area contributed by atoms with E-state index in [-0.39, 0.29) is 5.91 Å². The molecule has 1 aliphatic heterocycles. The Balaban J connectivity index is 1.70. The number of nitrogens with one attached hydrogen (secondary N) is 2. The standard InChI is InChI=1S/C15H22N4O/c1-11-7-12(8-17-13-3-4-13)9-18-15(11)19-6-2-5-16-14(20)10-19/h7,9,13,17H,2-6,8,10H2,1H3,(H,16,20). The van der Waals surface area contributed by atoms with Crippen molar-refractivity contribution >= 4 is 11.7 Å². The van der Waals surface area contributed by atoms with Crippen LogP contribution in [0, 0.1) is 6.92 Å². The molecule has 1 aliphatic carbocycles. The number of nitrogens with zero attached hydrogens (tertiary/aromatic N) is 2. The van der Waals surface area contributed by atoms with Crippen LogP contribution in [0.3, 0.4) is 0 Å². The molecule has 2 heterocycles. The van der Waals surface area contributed by atoms with Gasteiger partial charge in [0.15, 0.2) is 0 Å². The molecule has 5 nitrogen and oxygen atoms in total. The van der Waals surface area contributed by atoms with E-state index in [0.29, 0.717) is 12.6 Å². The number of anilines is 1. The van der Waals surface area contributed by atoms with E-state index < -0.39 is 0 Å². The summed E-state index contributed by atoms with van der Waals surface area (Å²) in [4.78, 5) is 18.3. The zero-order chi connectivity index (χ0) is 13.9. The molecule has 1 saturated carbocycles. The molecule has 1 aromatic heterocycles. The third-order valence-electron chi connectivity index (χ3n) is 3.84. The molecule has 0 bridgehead atoms. The minimum Gasteiger partial charge on any atom is -0.354 e. The first-order chi connectivity index (χ1) is 9.72. The summed E-state index contributed by atoms with van der Waals surface area (Å²) in [5.74, 6) is 1.03. The van der Waals surface area contributed by atoms with Crippen LogP contribution in [-0.2, 0) is 11.3 Å². The number of amides is 1. The molecule has 2 fully saturated rings. The van der Waals surface area contributed by atoms with Gasteiger partial charge in [0.2, 0.25) is 5.91 Å². The Hall–Kier alpha value is -1.62. The van der Waals surface area contributed by atoms with E-state index in [2.05, 4.69) is 33.5 Å². The Morgan fingerprint density at radius 2 is 2.35 bits per heavy atom. The predicted octanol–water partition coefficient (Wildman–Crippen LogP) is 0.968. The van der Waals surface area contributed by atoms with Gasteiger partial charge in [-0.1, -0.05) is 0 Å². The van der Waals surface area contributed by atoms with Gasteiger partial charge < -0.3 is 15.5 Å². The van der Waals surface area contributed by atoms with Gasteiger partial charge in [-0.3, -0.25) is 4.79 Å². The van der Waals surface area contributed by atoms with E-state index in [0.717, 1.165) is 37.4 Å². The molecule has 0 aromatic carbocycles. The van der Waals surface area contributed by atoms with Gasteiger partial charge in [0, 0.05) is 31.9 Å². The van der Waals surface area contributed by atoms with Crippen LogP contribution >= 0.6 is 0 Å². The van der Waals surface area contributed by atoms with Crippen molar-refractivity contribution in [3.05, 3.63) is 23.4 Å². The number of pyridine rings is 1. The van der Waals surface area contributed by atoms with E-state index in [1.807, 2.05) is 6.20 Å². The van der Waals surface area contributed by atoms with Crippen molar-refractivity contribution in [3.8, 4) is 0 Å². The second-order valence-electron chi connectivity index (χ2n) is 5.76. The van der Waals surface area contributed by atoms with Crippen LogP contribution in [0.2, 0.25) is 0 Å². The fourth-order valence-corrected chi connectivity index (χ4v) is 2.59. The number of carbonyl (C=O) groups excluding carboxylic acids is 1. The lowest BCUT2D eigenvalue weighted by Gasteiger charge is -2.22. The van der Waals surface area contributed by atoms with E-state index in [9.17, 15) is 4.79 Å². The summed E-state index contributed by atoms with van der Waals surface area (Å²) in [6.45, 7) is 5.02. The third-order valence-corrected chi connectivity index (χ3v) is 3.84.